The molecule has 2 bridgehead atoms. The van der Waals surface area contributed by atoms with Crippen molar-refractivity contribution in [3.05, 3.63) is 83.4 Å². The number of methoxy groups -OCH3 is 1. The van der Waals surface area contributed by atoms with Gasteiger partial charge in [0.25, 0.3) is 5.91 Å². The van der Waals surface area contributed by atoms with Crippen LogP contribution in [0.5, 0.6) is 5.75 Å². The summed E-state index contributed by atoms with van der Waals surface area (Å²) in [5.41, 5.74) is 15.8. The molecule has 3 aromatic rings. The molecule has 0 aromatic heterocycles. The molecule has 1 aliphatic heterocycles. The van der Waals surface area contributed by atoms with Crippen LogP contribution in [0.2, 0.25) is 0 Å². The number of guanidine groups is 1. The fourth-order valence-electron chi connectivity index (χ4n) is 9.71. The summed E-state index contributed by atoms with van der Waals surface area (Å²) >= 11 is 0. The van der Waals surface area contributed by atoms with Crippen LogP contribution in [0.25, 0.3) is 11.1 Å². The number of ether oxygens (including phenoxy) is 1. The predicted octanol–water partition coefficient (Wildman–Crippen LogP) is 3.83. The molecule has 2 unspecified atom stereocenters. The van der Waals surface area contributed by atoms with Crippen LogP contribution in [0, 0.1) is 29.1 Å². The number of carbonyl (C=O) groups is 2. The molecule has 57 heavy (non-hydrogen) atoms. The molecular weight excluding hydrogens is 723 g/mol. The third kappa shape index (κ3) is 9.13. The zero-order valence-electron chi connectivity index (χ0n) is 34.3. The van der Waals surface area contributed by atoms with Crippen LogP contribution in [0.15, 0.2) is 71.7 Å². The third-order valence-electron chi connectivity index (χ3n) is 12.7. The first-order valence-electron chi connectivity index (χ1n) is 20.0. The van der Waals surface area contributed by atoms with E-state index in [1.54, 1.807) is 37.3 Å². The SMILES string of the molecule is COc1c(CN2O[C@@H](CO)C(C(C)O)[C@H]2C(=O)N[C@H]2C[C@H]3C[C@@H]([C@@H]2C)C3(C)C)cccc1-c1cc(N=C(N)N)cc(C(=O)N[C@@H](Cc2ccccc2)CN(C)C)c1. The molecule has 13 heteroatoms. The van der Waals surface area contributed by atoms with Crippen LogP contribution < -0.4 is 26.8 Å². The number of benzene rings is 3. The van der Waals surface area contributed by atoms with E-state index in [9.17, 15) is 19.8 Å². The lowest BCUT2D eigenvalue weighted by atomic mass is 9.45. The Bertz CT molecular complexity index is 1920. The van der Waals surface area contributed by atoms with Crippen molar-refractivity contribution in [1.82, 2.24) is 20.6 Å². The number of hydrogen-bond donors (Lipinski definition) is 6. The second kappa shape index (κ2) is 17.5. The van der Waals surface area contributed by atoms with Crippen LogP contribution in [-0.2, 0) is 22.6 Å². The number of nitrogens with one attached hydrogen (secondary N) is 2. The van der Waals surface area contributed by atoms with Crippen molar-refractivity contribution in [2.24, 2.45) is 45.5 Å². The number of aliphatic hydroxyl groups excluding tert-OH is 2. The summed E-state index contributed by atoms with van der Waals surface area (Å²) in [6, 6.07) is 19.8. The Morgan fingerprint density at radius 2 is 1.82 bits per heavy atom. The maximum atomic E-state index is 14.3. The smallest absolute Gasteiger partial charge is 0.251 e. The first-order valence-corrected chi connectivity index (χ1v) is 20.0. The minimum Gasteiger partial charge on any atom is -0.496 e. The quantitative estimate of drug-likeness (QED) is 0.0978. The van der Waals surface area contributed by atoms with Crippen molar-refractivity contribution < 1.29 is 29.4 Å². The molecule has 7 rings (SSSR count). The van der Waals surface area contributed by atoms with Gasteiger partial charge in [-0.05, 0) is 92.8 Å². The Balaban J connectivity index is 1.30. The van der Waals surface area contributed by atoms with Crippen LogP contribution in [-0.4, -0.2) is 103 Å². The number of carbonyl (C=O) groups excluding carboxylic acids is 2. The van der Waals surface area contributed by atoms with Gasteiger partial charge >= 0.3 is 0 Å². The number of aliphatic hydroxyl groups is 2. The second-order valence-electron chi connectivity index (χ2n) is 17.2. The highest BCUT2D eigenvalue weighted by Crippen LogP contribution is 2.61. The summed E-state index contributed by atoms with van der Waals surface area (Å²) in [6.45, 7) is 8.87. The highest BCUT2D eigenvalue weighted by Gasteiger charge is 2.57. The van der Waals surface area contributed by atoms with Gasteiger partial charge in [-0.25, -0.2) is 4.99 Å². The van der Waals surface area contributed by atoms with E-state index < -0.39 is 24.2 Å². The maximum Gasteiger partial charge on any atom is 0.251 e. The fourth-order valence-corrected chi connectivity index (χ4v) is 9.71. The molecule has 13 nitrogen and oxygen atoms in total. The number of rotatable bonds is 15. The van der Waals surface area contributed by atoms with Gasteiger partial charge in [0.05, 0.1) is 32.1 Å². The van der Waals surface area contributed by atoms with Gasteiger partial charge in [-0.15, -0.1) is 0 Å². The fraction of sp³-hybridized carbons (Fsp3) is 0.523. The average molecular weight is 784 g/mol. The van der Waals surface area contributed by atoms with E-state index in [0.717, 1.165) is 12.0 Å². The summed E-state index contributed by atoms with van der Waals surface area (Å²) in [5.74, 6) is 0.542. The number of nitrogens with two attached hydrogens (primary N) is 2. The maximum absolute atomic E-state index is 14.3. The number of aliphatic imine (C=N–C) groups is 1. The van der Waals surface area contributed by atoms with Crippen LogP contribution in [0.3, 0.4) is 0 Å². The standard InChI is InChI=1S/C44H61N7O6/c1-25-35-20-31(44(35,3)4)21-36(25)49-42(55)39-38(26(2)53)37(24-52)57-51(39)22-28-14-11-15-34(40(28)56-7)29-17-30(19-32(18-29)48-43(45)46)41(54)47-33(23-50(5)6)16-27-12-9-8-10-13-27/h8-15,17-19,25-26,31,33,35-39,52-53H,16,20-24H2,1-7H3,(H,47,54)(H,49,55)(H4,45,46,48)/t25-,26?,31+,33-,35-,36-,37-,38?,39-/m0/s1. The monoisotopic (exact) mass is 783 g/mol. The third-order valence-corrected chi connectivity index (χ3v) is 12.7. The van der Waals surface area contributed by atoms with Crippen molar-refractivity contribution >= 4 is 23.5 Å². The second-order valence-corrected chi connectivity index (χ2v) is 17.2. The van der Waals surface area contributed by atoms with Gasteiger partial charge in [0.1, 0.15) is 17.9 Å². The van der Waals surface area contributed by atoms with Crippen molar-refractivity contribution in [2.75, 3.05) is 34.4 Å². The largest absolute Gasteiger partial charge is 0.496 e. The molecule has 3 aliphatic carbocycles. The highest BCUT2D eigenvalue weighted by atomic mass is 16.7. The van der Waals surface area contributed by atoms with Crippen LogP contribution >= 0.6 is 0 Å². The molecule has 2 amide bonds. The number of hydroxylamine groups is 2. The molecule has 0 radical (unpaired) electrons. The average Bonchev–Trinajstić information content (AvgIpc) is 3.53. The molecule has 308 valence electrons. The molecular formula is C44H61N7O6. The molecule has 8 N–H and O–H groups in total. The lowest BCUT2D eigenvalue weighted by molar-refractivity contribution is -0.183. The molecule has 0 spiro atoms. The van der Waals surface area contributed by atoms with Crippen molar-refractivity contribution in [2.45, 2.75) is 83.8 Å². The first kappa shape index (κ1) is 42.1. The number of fused-ring (bicyclic) bond motifs is 2. The first-order chi connectivity index (χ1) is 27.1. The number of nitrogens with zero attached hydrogens (tertiary/aromatic N) is 3. The molecule has 1 heterocycles. The van der Waals surface area contributed by atoms with E-state index in [2.05, 4.69) is 36.4 Å². The molecule has 4 aliphatic rings. The van der Waals surface area contributed by atoms with Gasteiger partial charge in [-0.1, -0.05) is 69.3 Å². The minimum absolute atomic E-state index is 0.0113. The van der Waals surface area contributed by atoms with Gasteiger partial charge in [0, 0.05) is 41.2 Å². The predicted molar refractivity (Wildman–Crippen MR) is 221 cm³/mol. The number of hydrogen-bond acceptors (Lipinski definition) is 9. The van der Waals surface area contributed by atoms with Crippen molar-refractivity contribution in [3.63, 3.8) is 0 Å². The highest BCUT2D eigenvalue weighted by molar-refractivity contribution is 5.97. The van der Waals surface area contributed by atoms with Crippen molar-refractivity contribution in [3.8, 4) is 16.9 Å². The van der Waals surface area contributed by atoms with E-state index in [1.165, 1.54) is 6.42 Å². The molecule has 1 saturated heterocycles. The van der Waals surface area contributed by atoms with Gasteiger partial charge in [-0.3, -0.25) is 14.4 Å². The Kier molecular flexibility index (Phi) is 12.9. The minimum atomic E-state index is -0.930. The van der Waals surface area contributed by atoms with Gasteiger partial charge in [0.2, 0.25) is 5.91 Å². The normalized spacial score (nSPS) is 26.2. The summed E-state index contributed by atoms with van der Waals surface area (Å²) in [5, 5.41) is 29.5. The van der Waals surface area contributed by atoms with Gasteiger partial charge < -0.3 is 42.0 Å². The summed E-state index contributed by atoms with van der Waals surface area (Å²) in [4.78, 5) is 40.9. The Hall–Kier alpha value is -4.53. The Labute approximate surface area is 336 Å². The summed E-state index contributed by atoms with van der Waals surface area (Å²) < 4.78 is 6.06. The zero-order valence-corrected chi connectivity index (χ0v) is 34.3. The molecule has 3 saturated carbocycles. The summed E-state index contributed by atoms with van der Waals surface area (Å²) in [7, 11) is 5.50. The molecule has 9 atom stereocenters. The number of para-hydroxylation sites is 1. The Morgan fingerprint density at radius 3 is 2.44 bits per heavy atom. The van der Waals surface area contributed by atoms with E-state index in [-0.39, 0.29) is 48.4 Å². The lowest BCUT2D eigenvalue weighted by Gasteiger charge is -2.62. The Morgan fingerprint density at radius 1 is 1.09 bits per heavy atom. The molecule has 4 fully saturated rings. The molecule has 3 aromatic carbocycles. The van der Waals surface area contributed by atoms with Crippen LogP contribution in [0.4, 0.5) is 5.69 Å². The van der Waals surface area contributed by atoms with E-state index >= 15 is 0 Å². The topological polar surface area (TPSA) is 188 Å². The van der Waals surface area contributed by atoms with E-state index in [4.69, 9.17) is 21.0 Å². The van der Waals surface area contributed by atoms with Crippen molar-refractivity contribution in [1.29, 1.82) is 0 Å². The van der Waals surface area contributed by atoms with E-state index in [0.29, 0.717) is 64.4 Å². The zero-order chi connectivity index (χ0) is 41.2. The number of likely N-dealkylation sites (N-methyl/N-ethyl adjacent to an activating group) is 1. The van der Waals surface area contributed by atoms with Gasteiger partial charge in [0.15, 0.2) is 5.96 Å². The number of amides is 2. The van der Waals surface area contributed by atoms with E-state index in [1.807, 2.05) is 67.5 Å². The van der Waals surface area contributed by atoms with Crippen LogP contribution in [0.1, 0.15) is 62.0 Å². The lowest BCUT2D eigenvalue weighted by Crippen LogP contribution is -2.62. The van der Waals surface area contributed by atoms with Gasteiger partial charge in [-0.2, -0.15) is 5.06 Å². The summed E-state index contributed by atoms with van der Waals surface area (Å²) in [6.07, 6.45) is 1.02.